The number of halogens is 1. The van der Waals surface area contributed by atoms with Crippen LogP contribution in [0.25, 0.3) is 0 Å². The molecule has 0 bridgehead atoms. The summed E-state index contributed by atoms with van der Waals surface area (Å²) in [4.78, 5) is 0. The van der Waals surface area contributed by atoms with Crippen molar-refractivity contribution in [3.63, 3.8) is 0 Å². The van der Waals surface area contributed by atoms with Gasteiger partial charge in [0.05, 0.1) is 6.61 Å². The number of aliphatic hydroxyl groups excluding tert-OH is 1. The van der Waals surface area contributed by atoms with Crippen molar-refractivity contribution in [2.45, 2.75) is 13.5 Å². The van der Waals surface area contributed by atoms with Gasteiger partial charge >= 0.3 is 0 Å². The summed E-state index contributed by atoms with van der Waals surface area (Å²) in [5, 5.41) is 8.73. The van der Waals surface area contributed by atoms with Gasteiger partial charge in [0.2, 0.25) is 0 Å². The number of nitrogens with two attached hydrogens (primary N) is 1. The molecule has 3 heteroatoms. The van der Waals surface area contributed by atoms with Crippen molar-refractivity contribution in [1.29, 1.82) is 0 Å². The molecule has 3 N–H and O–H groups in total. The second-order valence-corrected chi connectivity index (χ2v) is 2.40. The van der Waals surface area contributed by atoms with Crippen molar-refractivity contribution in [2.24, 2.45) is 0 Å². The lowest BCUT2D eigenvalue weighted by molar-refractivity contribution is 0.275. The fourth-order valence-electron chi connectivity index (χ4n) is 0.936. The molecule has 60 valence electrons. The number of aliphatic hydroxyl groups is 1. The van der Waals surface area contributed by atoms with Gasteiger partial charge in [-0.05, 0) is 24.6 Å². The molecule has 0 spiro atoms. The van der Waals surface area contributed by atoms with Crippen LogP contribution in [0.2, 0.25) is 0 Å². The predicted molar refractivity (Wildman–Crippen MR) is 41.5 cm³/mol. The average Bonchev–Trinajstić information content (AvgIpc) is 1.99. The number of rotatable bonds is 1. The quantitative estimate of drug-likeness (QED) is 0.599. The van der Waals surface area contributed by atoms with Crippen LogP contribution in [0.3, 0.4) is 0 Å². The average molecular weight is 155 g/mol. The Bertz CT molecular complexity index is 273. The third kappa shape index (κ3) is 1.33. The van der Waals surface area contributed by atoms with Crippen LogP contribution in [0, 0.1) is 12.7 Å². The molecule has 0 radical (unpaired) electrons. The molecule has 1 rings (SSSR count). The number of anilines is 1. The highest BCUT2D eigenvalue weighted by Gasteiger charge is 2.05. The van der Waals surface area contributed by atoms with E-state index in [1.165, 1.54) is 12.1 Å². The Kier molecular flexibility index (Phi) is 2.10. The Balaban J connectivity index is 3.29. The summed E-state index contributed by atoms with van der Waals surface area (Å²) in [7, 11) is 0. The first-order chi connectivity index (χ1) is 5.16. The van der Waals surface area contributed by atoms with Gasteiger partial charge in [0, 0.05) is 11.3 Å². The van der Waals surface area contributed by atoms with E-state index in [0.29, 0.717) is 11.3 Å². The molecule has 1 aromatic carbocycles. The van der Waals surface area contributed by atoms with E-state index in [1.54, 1.807) is 6.92 Å². The van der Waals surface area contributed by atoms with E-state index in [-0.39, 0.29) is 12.2 Å². The molecule has 0 atom stereocenters. The summed E-state index contributed by atoms with van der Waals surface area (Å²) < 4.78 is 12.8. The molecule has 0 heterocycles. The lowest BCUT2D eigenvalue weighted by atomic mass is 10.1. The van der Waals surface area contributed by atoms with Crippen LogP contribution in [0.5, 0.6) is 0 Å². The summed E-state index contributed by atoms with van der Waals surface area (Å²) in [5.41, 5.74) is 6.90. The summed E-state index contributed by atoms with van der Waals surface area (Å²) in [6.07, 6.45) is 0. The molecule has 0 unspecified atom stereocenters. The Labute approximate surface area is 64.5 Å². The largest absolute Gasteiger partial charge is 0.399 e. The Hall–Kier alpha value is -1.09. The Morgan fingerprint density at radius 2 is 2.18 bits per heavy atom. The Morgan fingerprint density at radius 1 is 1.55 bits per heavy atom. The third-order valence-corrected chi connectivity index (χ3v) is 1.74. The molecule has 0 aromatic heterocycles. The van der Waals surface area contributed by atoms with Crippen molar-refractivity contribution in [2.75, 3.05) is 5.73 Å². The van der Waals surface area contributed by atoms with Gasteiger partial charge in [-0.1, -0.05) is 0 Å². The zero-order chi connectivity index (χ0) is 8.43. The predicted octanol–water partition coefficient (Wildman–Crippen LogP) is 1.21. The first-order valence-corrected chi connectivity index (χ1v) is 3.31. The van der Waals surface area contributed by atoms with Crippen LogP contribution in [0.15, 0.2) is 12.1 Å². The van der Waals surface area contributed by atoms with E-state index in [9.17, 15) is 4.39 Å². The highest BCUT2D eigenvalue weighted by molar-refractivity contribution is 5.50. The van der Waals surface area contributed by atoms with E-state index in [0.717, 1.165) is 0 Å². The summed E-state index contributed by atoms with van der Waals surface area (Å²) in [6.45, 7) is 1.38. The van der Waals surface area contributed by atoms with Crippen molar-refractivity contribution in [3.05, 3.63) is 29.1 Å². The molecule has 0 aliphatic heterocycles. The van der Waals surface area contributed by atoms with Gasteiger partial charge in [-0.25, -0.2) is 4.39 Å². The van der Waals surface area contributed by atoms with Crippen molar-refractivity contribution in [3.8, 4) is 0 Å². The summed E-state index contributed by atoms with van der Waals surface area (Å²) in [6, 6.07) is 2.75. The molecule has 0 saturated heterocycles. The molecular formula is C8H10FNO. The summed E-state index contributed by atoms with van der Waals surface area (Å²) in [5.74, 6) is -0.404. The molecule has 0 aliphatic carbocycles. The minimum absolute atomic E-state index is 0.282. The van der Waals surface area contributed by atoms with Crippen LogP contribution >= 0.6 is 0 Å². The Morgan fingerprint density at radius 3 is 2.64 bits per heavy atom. The van der Waals surface area contributed by atoms with Gasteiger partial charge in [0.1, 0.15) is 5.82 Å². The van der Waals surface area contributed by atoms with Gasteiger partial charge in [-0.15, -0.1) is 0 Å². The van der Waals surface area contributed by atoms with Crippen LogP contribution in [-0.2, 0) is 6.61 Å². The van der Waals surface area contributed by atoms with Crippen molar-refractivity contribution < 1.29 is 9.50 Å². The first kappa shape index (κ1) is 8.01. The maximum atomic E-state index is 12.8. The van der Waals surface area contributed by atoms with Crippen LogP contribution in [0.4, 0.5) is 10.1 Å². The number of nitrogen functional groups attached to an aromatic ring is 1. The fraction of sp³-hybridized carbons (Fsp3) is 0.250. The highest BCUT2D eigenvalue weighted by Crippen LogP contribution is 2.18. The standard InChI is InChI=1S/C8H10FNO/c1-5-6(4-11)7(9)2-3-8(5)10/h2-3,11H,4,10H2,1H3. The van der Waals surface area contributed by atoms with E-state index < -0.39 is 5.82 Å². The van der Waals surface area contributed by atoms with Gasteiger partial charge < -0.3 is 10.8 Å². The minimum atomic E-state index is -0.404. The van der Waals surface area contributed by atoms with Crippen molar-refractivity contribution in [1.82, 2.24) is 0 Å². The lowest BCUT2D eigenvalue weighted by Gasteiger charge is -2.05. The highest BCUT2D eigenvalue weighted by atomic mass is 19.1. The SMILES string of the molecule is Cc1c(N)ccc(F)c1CO. The van der Waals surface area contributed by atoms with Gasteiger partial charge in [0.15, 0.2) is 0 Å². The molecule has 0 aliphatic rings. The first-order valence-electron chi connectivity index (χ1n) is 3.31. The smallest absolute Gasteiger partial charge is 0.129 e. The topological polar surface area (TPSA) is 46.2 Å². The van der Waals surface area contributed by atoms with E-state index in [4.69, 9.17) is 10.8 Å². The maximum Gasteiger partial charge on any atom is 0.129 e. The van der Waals surface area contributed by atoms with E-state index in [1.807, 2.05) is 0 Å². The molecule has 11 heavy (non-hydrogen) atoms. The van der Waals surface area contributed by atoms with E-state index >= 15 is 0 Å². The maximum absolute atomic E-state index is 12.8. The van der Waals surface area contributed by atoms with Gasteiger partial charge in [-0.3, -0.25) is 0 Å². The third-order valence-electron chi connectivity index (χ3n) is 1.74. The summed E-state index contributed by atoms with van der Waals surface area (Å²) >= 11 is 0. The molecule has 1 aromatic rings. The van der Waals surface area contributed by atoms with E-state index in [2.05, 4.69) is 0 Å². The monoisotopic (exact) mass is 155 g/mol. The molecule has 0 saturated carbocycles. The second-order valence-electron chi connectivity index (χ2n) is 2.40. The number of benzene rings is 1. The number of hydrogen-bond acceptors (Lipinski definition) is 2. The van der Waals surface area contributed by atoms with Crippen LogP contribution < -0.4 is 5.73 Å². The normalized spacial score (nSPS) is 10.1. The molecule has 0 amide bonds. The minimum Gasteiger partial charge on any atom is -0.399 e. The fourth-order valence-corrected chi connectivity index (χ4v) is 0.936. The van der Waals surface area contributed by atoms with Crippen LogP contribution in [-0.4, -0.2) is 5.11 Å². The number of hydrogen-bond donors (Lipinski definition) is 2. The zero-order valence-corrected chi connectivity index (χ0v) is 6.26. The van der Waals surface area contributed by atoms with Crippen molar-refractivity contribution >= 4 is 5.69 Å². The second kappa shape index (κ2) is 2.88. The van der Waals surface area contributed by atoms with Gasteiger partial charge in [0.25, 0.3) is 0 Å². The zero-order valence-electron chi connectivity index (χ0n) is 6.26. The van der Waals surface area contributed by atoms with Crippen LogP contribution in [0.1, 0.15) is 11.1 Å². The molecular weight excluding hydrogens is 145 g/mol. The van der Waals surface area contributed by atoms with Gasteiger partial charge in [-0.2, -0.15) is 0 Å². The lowest BCUT2D eigenvalue weighted by Crippen LogP contribution is -1.98. The molecule has 2 nitrogen and oxygen atoms in total. The molecule has 0 fully saturated rings.